The van der Waals surface area contributed by atoms with E-state index in [0.717, 1.165) is 0 Å². The second-order valence-corrected chi connectivity index (χ2v) is 11.6. The molecule has 4 N–H and O–H groups in total. The largest absolute Gasteiger partial charge is 0.393 e. The number of aliphatic hydroxyl groups excluding tert-OH is 2. The summed E-state index contributed by atoms with van der Waals surface area (Å²) in [4.78, 5) is 36.4. The van der Waals surface area contributed by atoms with Crippen molar-refractivity contribution in [3.63, 3.8) is 0 Å². The Bertz CT molecular complexity index is 1900. The number of hydrogen-bond acceptors (Lipinski definition) is 8. The van der Waals surface area contributed by atoms with Crippen LogP contribution < -0.4 is 10.6 Å². The maximum Gasteiger partial charge on any atom is 0.245 e. The van der Waals surface area contributed by atoms with Crippen LogP contribution in [-0.4, -0.2) is 65.4 Å². The van der Waals surface area contributed by atoms with Crippen molar-refractivity contribution in [3.05, 3.63) is 95.9 Å². The molecular formula is C33H31ClFN7O4. The summed E-state index contributed by atoms with van der Waals surface area (Å²) < 4.78 is 17.0. The molecule has 46 heavy (non-hydrogen) atoms. The lowest BCUT2D eigenvalue weighted by Gasteiger charge is -2.40. The Morgan fingerprint density at radius 1 is 1.07 bits per heavy atom. The van der Waals surface area contributed by atoms with Gasteiger partial charge in [0.25, 0.3) is 0 Å². The Hall–Kier alpha value is -4.91. The molecule has 1 aliphatic rings. The number of rotatable bonds is 10. The standard InChI is InChI=1S/C33H31ClFN7O4/c1-19(43)33-26-11-20(38-21-14-36-18-37-15-21)9-10-29(26)42(40-33)17-31(46)41(22-12-23(44)13-22)16-30(45)39-28-8-4-6-25(32(28)35)24-5-2-3-7-27(24)34/h2-11,14-15,18-19,22-23,38,43-44H,12-13,16-17H2,1H3,(H,39,45). The van der Waals surface area contributed by atoms with Gasteiger partial charge in [0.15, 0.2) is 5.82 Å². The van der Waals surface area contributed by atoms with Crippen molar-refractivity contribution >= 4 is 51.4 Å². The van der Waals surface area contributed by atoms with E-state index < -0.39 is 29.8 Å². The molecular weight excluding hydrogens is 613 g/mol. The van der Waals surface area contributed by atoms with Gasteiger partial charge in [0.1, 0.15) is 19.4 Å². The molecule has 1 aliphatic carbocycles. The molecule has 2 aromatic heterocycles. The van der Waals surface area contributed by atoms with Crippen LogP contribution in [0.1, 0.15) is 31.6 Å². The van der Waals surface area contributed by atoms with Crippen molar-refractivity contribution in [1.29, 1.82) is 0 Å². The average Bonchev–Trinajstić information content (AvgIpc) is 3.38. The minimum Gasteiger partial charge on any atom is -0.393 e. The molecule has 0 bridgehead atoms. The van der Waals surface area contributed by atoms with Crippen molar-refractivity contribution in [1.82, 2.24) is 24.6 Å². The first-order chi connectivity index (χ1) is 22.2. The fourth-order valence-electron chi connectivity index (χ4n) is 5.56. The SMILES string of the molecule is CC(O)c1nn(CC(=O)N(CC(=O)Nc2cccc(-c3ccccc3Cl)c2F)C2CC(O)C2)c2ccc(Nc3cncnc3)cc12. The lowest BCUT2D eigenvalue weighted by Crippen LogP contribution is -2.53. The van der Waals surface area contributed by atoms with Crippen molar-refractivity contribution in [3.8, 4) is 11.1 Å². The molecule has 0 aliphatic heterocycles. The first-order valence-electron chi connectivity index (χ1n) is 14.7. The summed E-state index contributed by atoms with van der Waals surface area (Å²) in [5.74, 6) is -1.66. The van der Waals surface area contributed by atoms with E-state index >= 15 is 4.39 Å². The maximum atomic E-state index is 15.5. The number of amides is 2. The number of carbonyl (C=O) groups excluding carboxylic acids is 2. The maximum absolute atomic E-state index is 15.5. The van der Waals surface area contributed by atoms with Gasteiger partial charge in [-0.3, -0.25) is 14.3 Å². The summed E-state index contributed by atoms with van der Waals surface area (Å²) in [7, 11) is 0. The number of benzene rings is 3. The summed E-state index contributed by atoms with van der Waals surface area (Å²) >= 11 is 6.28. The molecule has 0 radical (unpaired) electrons. The second-order valence-electron chi connectivity index (χ2n) is 11.2. The minimum absolute atomic E-state index is 0.0467. The normalized spacial score (nSPS) is 16.5. The number of halogens is 2. The summed E-state index contributed by atoms with van der Waals surface area (Å²) in [5, 5.41) is 31.8. The summed E-state index contributed by atoms with van der Waals surface area (Å²) in [6.07, 6.45) is 3.80. The van der Waals surface area contributed by atoms with Crippen LogP contribution in [-0.2, 0) is 16.1 Å². The number of nitrogens with one attached hydrogen (secondary N) is 2. The zero-order valence-electron chi connectivity index (χ0n) is 24.8. The molecule has 1 fully saturated rings. The molecule has 2 heterocycles. The van der Waals surface area contributed by atoms with Gasteiger partial charge in [0.2, 0.25) is 11.8 Å². The van der Waals surface area contributed by atoms with Crippen LogP contribution in [0.5, 0.6) is 0 Å². The van der Waals surface area contributed by atoms with Crippen molar-refractivity contribution in [2.75, 3.05) is 17.2 Å². The monoisotopic (exact) mass is 643 g/mol. The van der Waals surface area contributed by atoms with Gasteiger partial charge < -0.3 is 25.7 Å². The summed E-state index contributed by atoms with van der Waals surface area (Å²) in [5.41, 5.74) is 3.04. The predicted molar refractivity (Wildman–Crippen MR) is 172 cm³/mol. The molecule has 1 saturated carbocycles. The van der Waals surface area contributed by atoms with E-state index in [1.807, 2.05) is 12.1 Å². The minimum atomic E-state index is -0.922. The molecule has 1 atom stereocenters. The van der Waals surface area contributed by atoms with Gasteiger partial charge >= 0.3 is 0 Å². The van der Waals surface area contributed by atoms with E-state index in [4.69, 9.17) is 11.6 Å². The molecule has 2 amide bonds. The van der Waals surface area contributed by atoms with E-state index in [9.17, 15) is 19.8 Å². The molecule has 11 nitrogen and oxygen atoms in total. The van der Waals surface area contributed by atoms with Crippen LogP contribution in [0, 0.1) is 5.82 Å². The quantitative estimate of drug-likeness (QED) is 0.165. The van der Waals surface area contributed by atoms with E-state index in [1.165, 1.54) is 22.0 Å². The van der Waals surface area contributed by atoms with Crippen LogP contribution >= 0.6 is 11.6 Å². The number of aliphatic hydroxyl groups is 2. The van der Waals surface area contributed by atoms with Crippen molar-refractivity contribution in [2.24, 2.45) is 0 Å². The molecule has 236 valence electrons. The van der Waals surface area contributed by atoms with Crippen molar-refractivity contribution < 1.29 is 24.2 Å². The van der Waals surface area contributed by atoms with Crippen LogP contribution in [0.15, 0.2) is 79.4 Å². The summed E-state index contributed by atoms with van der Waals surface area (Å²) in [6, 6.07) is 16.5. The lowest BCUT2D eigenvalue weighted by atomic mass is 9.88. The van der Waals surface area contributed by atoms with E-state index in [0.29, 0.717) is 51.4 Å². The van der Waals surface area contributed by atoms with Gasteiger partial charge in [0.05, 0.1) is 47.2 Å². The van der Waals surface area contributed by atoms with Gasteiger partial charge in [-0.25, -0.2) is 14.4 Å². The zero-order chi connectivity index (χ0) is 32.4. The fourth-order valence-corrected chi connectivity index (χ4v) is 5.79. The van der Waals surface area contributed by atoms with Gasteiger partial charge in [-0.15, -0.1) is 0 Å². The van der Waals surface area contributed by atoms with Crippen molar-refractivity contribution in [2.45, 2.75) is 44.6 Å². The lowest BCUT2D eigenvalue weighted by molar-refractivity contribution is -0.142. The highest BCUT2D eigenvalue weighted by Crippen LogP contribution is 2.33. The van der Waals surface area contributed by atoms with Gasteiger partial charge in [0, 0.05) is 33.3 Å². The van der Waals surface area contributed by atoms with E-state index in [1.54, 1.807) is 61.8 Å². The molecule has 5 aromatic rings. The number of fused-ring (bicyclic) bond motifs is 1. The smallest absolute Gasteiger partial charge is 0.245 e. The molecule has 0 saturated heterocycles. The number of aromatic nitrogens is 4. The third-order valence-electron chi connectivity index (χ3n) is 7.91. The second kappa shape index (κ2) is 13.2. The highest BCUT2D eigenvalue weighted by Gasteiger charge is 2.36. The zero-order valence-corrected chi connectivity index (χ0v) is 25.5. The molecule has 3 aromatic carbocycles. The number of hydrogen-bond donors (Lipinski definition) is 4. The third-order valence-corrected chi connectivity index (χ3v) is 8.24. The van der Waals surface area contributed by atoms with Gasteiger partial charge in [-0.1, -0.05) is 41.9 Å². The highest BCUT2D eigenvalue weighted by molar-refractivity contribution is 6.33. The van der Waals surface area contributed by atoms with E-state index in [-0.39, 0.29) is 30.4 Å². The molecule has 0 spiro atoms. The Morgan fingerprint density at radius 3 is 2.52 bits per heavy atom. The van der Waals surface area contributed by atoms with E-state index in [2.05, 4.69) is 25.7 Å². The Balaban J connectivity index is 1.22. The van der Waals surface area contributed by atoms with Gasteiger partial charge in [-0.2, -0.15) is 5.10 Å². The molecule has 13 heteroatoms. The van der Waals surface area contributed by atoms with Crippen LogP contribution in [0.25, 0.3) is 22.0 Å². The predicted octanol–water partition coefficient (Wildman–Crippen LogP) is 5.07. The van der Waals surface area contributed by atoms with Crippen LogP contribution in [0.2, 0.25) is 5.02 Å². The average molecular weight is 644 g/mol. The molecule has 1 unspecified atom stereocenters. The topological polar surface area (TPSA) is 146 Å². The van der Waals surface area contributed by atoms with Crippen LogP contribution in [0.3, 0.4) is 0 Å². The fraction of sp³-hybridized carbons (Fsp3) is 0.242. The Kier molecular flexibility index (Phi) is 8.93. The Morgan fingerprint density at radius 2 is 1.80 bits per heavy atom. The van der Waals surface area contributed by atoms with Crippen LogP contribution in [0.4, 0.5) is 21.5 Å². The van der Waals surface area contributed by atoms with Gasteiger partial charge in [-0.05, 0) is 50.1 Å². The third kappa shape index (κ3) is 6.54. The summed E-state index contributed by atoms with van der Waals surface area (Å²) in [6.45, 7) is 1.01. The first-order valence-corrected chi connectivity index (χ1v) is 15.1. The number of anilines is 3. The first kappa shape index (κ1) is 31.1. The Labute approximate surface area is 268 Å². The highest BCUT2D eigenvalue weighted by atomic mass is 35.5. The molecule has 6 rings (SSSR count). The number of nitrogens with zero attached hydrogens (tertiary/aromatic N) is 5. The number of carbonyl (C=O) groups is 2.